The molecule has 1 heterocycles. The highest BCUT2D eigenvalue weighted by Crippen LogP contribution is 2.20. The van der Waals surface area contributed by atoms with E-state index in [2.05, 4.69) is 42.2 Å². The number of carbonyl (C=O) groups excluding carboxylic acids is 8. The van der Waals surface area contributed by atoms with E-state index in [4.69, 9.17) is 16.6 Å². The summed E-state index contributed by atoms with van der Waals surface area (Å²) in [6, 6.07) is 11.5. The Hall–Kier alpha value is -7.68. The number of hydrogen-bond donors (Lipinski definition) is 14. The molecular weight excluding hydrogens is 1010 g/mol. The van der Waals surface area contributed by atoms with Crippen molar-refractivity contribution in [2.75, 3.05) is 30.6 Å². The van der Waals surface area contributed by atoms with Crippen molar-refractivity contribution < 1.29 is 63.3 Å². The molecule has 4 rings (SSSR count). The van der Waals surface area contributed by atoms with Gasteiger partial charge in [-0.1, -0.05) is 60.7 Å². The van der Waals surface area contributed by atoms with Gasteiger partial charge in [0.25, 0.3) is 0 Å². The molecule has 4 aromatic rings. The second-order valence-electron chi connectivity index (χ2n) is 17.0. The van der Waals surface area contributed by atoms with E-state index in [0.29, 0.717) is 39.1 Å². The van der Waals surface area contributed by atoms with Gasteiger partial charge in [0.05, 0.1) is 25.4 Å². The van der Waals surface area contributed by atoms with Crippen LogP contribution in [0.1, 0.15) is 42.4 Å². The second kappa shape index (κ2) is 31.1. The van der Waals surface area contributed by atoms with Gasteiger partial charge in [0.2, 0.25) is 47.3 Å². The van der Waals surface area contributed by atoms with Crippen LogP contribution in [-0.4, -0.2) is 152 Å². The van der Waals surface area contributed by atoms with Crippen LogP contribution in [0.15, 0.2) is 85.1 Å². The summed E-state index contributed by atoms with van der Waals surface area (Å²) in [5.41, 5.74) is 13.8. The van der Waals surface area contributed by atoms with Gasteiger partial charge in [-0.15, -0.1) is 0 Å². The first-order valence-corrected chi connectivity index (χ1v) is 26.0. The molecule has 7 atom stereocenters. The number of rotatable bonds is 31. The van der Waals surface area contributed by atoms with E-state index in [0.717, 1.165) is 0 Å². The summed E-state index contributed by atoms with van der Waals surface area (Å²) in [7, 11) is 0. The van der Waals surface area contributed by atoms with Crippen molar-refractivity contribution in [3.8, 4) is 5.75 Å². The van der Waals surface area contributed by atoms with Crippen LogP contribution < -0.4 is 54.8 Å². The molecule has 8 amide bonds. The van der Waals surface area contributed by atoms with Gasteiger partial charge in [-0.25, -0.2) is 0 Å². The molecule has 1 aromatic heterocycles. The van der Waals surface area contributed by atoms with Crippen LogP contribution in [0.5, 0.6) is 5.75 Å². The number of aliphatic carboxylic acids is 2. The number of fused-ring (bicyclic) bond motifs is 1. The van der Waals surface area contributed by atoms with Crippen molar-refractivity contribution in [3.05, 3.63) is 102 Å². The van der Waals surface area contributed by atoms with Crippen LogP contribution in [0.2, 0.25) is 0 Å². The summed E-state index contributed by atoms with van der Waals surface area (Å²) in [5, 5.41) is 46.9. The maximum absolute atomic E-state index is 14.3. The monoisotopic (exact) mass is 1080 g/mol. The van der Waals surface area contributed by atoms with E-state index in [1.54, 1.807) is 73.3 Å². The first kappa shape index (κ1) is 61.6. The topological polar surface area (TPSA) is 418 Å². The smallest absolute Gasteiger partial charge is 0.305 e. The molecule has 406 valence electrons. The van der Waals surface area contributed by atoms with Crippen LogP contribution in [0.25, 0.3) is 10.9 Å². The lowest BCUT2D eigenvalue weighted by Crippen LogP contribution is -2.59. The van der Waals surface area contributed by atoms with Crippen molar-refractivity contribution in [3.63, 3.8) is 0 Å². The Kier molecular flexibility index (Phi) is 25.6. The molecule has 0 aliphatic carbocycles. The predicted octanol–water partition coefficient (Wildman–Crippen LogP) is -0.643. The number of aromatic nitrogens is 1. The SMILES string of the molecule is CSCCC(NC(=O)C(Cc1ccc(O)cc1)NC(=O)C(N)CC(=O)O)C(=O)NCC(=O)NC(Cc1c[nH]c2ccccc12)C(=O)NC(CCSC)C(=O)NC(CC(=O)O)C(=O)NC(Cc1ccccc1)C(N)=O.N. The van der Waals surface area contributed by atoms with Gasteiger partial charge >= 0.3 is 11.9 Å². The maximum atomic E-state index is 14.3. The number of carboxylic acid groups (broad SMARTS) is 2. The molecule has 24 nitrogen and oxygen atoms in total. The molecule has 7 unspecified atom stereocenters. The van der Waals surface area contributed by atoms with E-state index < -0.39 is 121 Å². The van der Waals surface area contributed by atoms with Crippen LogP contribution in [-0.2, 0) is 67.2 Å². The number of primary amides is 1. The van der Waals surface area contributed by atoms with E-state index >= 15 is 0 Å². The zero-order valence-corrected chi connectivity index (χ0v) is 42.9. The molecule has 3 aromatic carbocycles. The standard InChI is InChI=1S/C49H62N10O13S2.H3N/c1-73-18-16-34(55-47(70)37(21-28-12-14-30(60)15-13-28)58-44(67)32(50)23-41(62)63)45(68)53-26-40(61)54-38(22-29-25-52-33-11-7-6-10-31(29)33)48(71)56-35(17-19-74-2)46(69)59-39(24-42(64)65)49(72)57-36(43(51)66)20-27-8-4-3-5-9-27;/h3-15,25,32,34-39,52,60H,16-24,26,50H2,1-2H3,(H2,51,66)(H,53,68)(H,54,61)(H,55,70)(H,56,71)(H,57,72)(H,58,67)(H,59,69)(H,62,63)(H,64,65);1H3. The van der Waals surface area contributed by atoms with E-state index in [1.807, 2.05) is 0 Å². The first-order valence-electron chi connectivity index (χ1n) is 23.2. The Morgan fingerprint density at radius 3 is 1.63 bits per heavy atom. The van der Waals surface area contributed by atoms with E-state index in [1.165, 1.54) is 47.8 Å². The Morgan fingerprint density at radius 1 is 0.560 bits per heavy atom. The number of H-pyrrole nitrogens is 1. The van der Waals surface area contributed by atoms with Gasteiger partial charge < -0.3 is 75.1 Å². The number of nitrogens with two attached hydrogens (primary N) is 2. The number of aromatic hydroxyl groups is 1. The van der Waals surface area contributed by atoms with Crippen LogP contribution in [0.4, 0.5) is 0 Å². The van der Waals surface area contributed by atoms with Gasteiger partial charge in [-0.3, -0.25) is 47.9 Å². The summed E-state index contributed by atoms with van der Waals surface area (Å²) >= 11 is 2.68. The number of hydrogen-bond acceptors (Lipinski definition) is 15. The lowest BCUT2D eigenvalue weighted by molar-refractivity contribution is -0.141. The predicted molar refractivity (Wildman–Crippen MR) is 281 cm³/mol. The molecule has 0 saturated heterocycles. The fraction of sp³-hybridized carbons (Fsp3) is 0.388. The molecule has 0 spiro atoms. The number of amides is 8. The number of para-hydroxylation sites is 1. The number of phenolic OH excluding ortho intramolecular Hbond substituents is 1. The Labute approximate surface area is 440 Å². The molecule has 0 fully saturated rings. The lowest BCUT2D eigenvalue weighted by atomic mass is 10.0. The van der Waals surface area contributed by atoms with Crippen LogP contribution >= 0.6 is 23.5 Å². The third kappa shape index (κ3) is 20.6. The fourth-order valence-electron chi connectivity index (χ4n) is 7.46. The number of thioether (sulfide) groups is 2. The van der Waals surface area contributed by atoms with Gasteiger partial charge in [0.15, 0.2) is 0 Å². The average Bonchev–Trinajstić information content (AvgIpc) is 3.77. The van der Waals surface area contributed by atoms with Crippen LogP contribution in [0.3, 0.4) is 0 Å². The Balaban J connectivity index is 0.0000148. The minimum Gasteiger partial charge on any atom is -0.508 e. The number of benzene rings is 3. The van der Waals surface area contributed by atoms with Crippen molar-refractivity contribution in [1.29, 1.82) is 0 Å². The van der Waals surface area contributed by atoms with Gasteiger partial charge in [-0.05, 0) is 71.7 Å². The third-order valence-electron chi connectivity index (χ3n) is 11.4. The molecular formula is C49H65N11O13S2. The summed E-state index contributed by atoms with van der Waals surface area (Å²) in [6.07, 6.45) is 3.24. The van der Waals surface area contributed by atoms with Crippen molar-refractivity contribution in [2.24, 2.45) is 11.5 Å². The van der Waals surface area contributed by atoms with Crippen molar-refractivity contribution in [2.45, 2.75) is 87.2 Å². The van der Waals surface area contributed by atoms with Crippen molar-refractivity contribution in [1.82, 2.24) is 48.4 Å². The summed E-state index contributed by atoms with van der Waals surface area (Å²) in [6.45, 7) is -0.710. The highest BCUT2D eigenvalue weighted by molar-refractivity contribution is 7.98. The van der Waals surface area contributed by atoms with E-state index in [-0.39, 0.29) is 44.0 Å². The van der Waals surface area contributed by atoms with Crippen molar-refractivity contribution >= 4 is 93.6 Å². The highest BCUT2D eigenvalue weighted by atomic mass is 32.2. The Bertz CT molecular complexity index is 2610. The zero-order valence-electron chi connectivity index (χ0n) is 41.3. The van der Waals surface area contributed by atoms with Gasteiger partial charge in [-0.2, -0.15) is 23.5 Å². The number of carbonyl (C=O) groups is 10. The largest absolute Gasteiger partial charge is 0.508 e. The zero-order chi connectivity index (χ0) is 54.3. The normalized spacial score (nSPS) is 13.6. The lowest BCUT2D eigenvalue weighted by Gasteiger charge is -2.26. The molecule has 75 heavy (non-hydrogen) atoms. The van der Waals surface area contributed by atoms with E-state index in [9.17, 15) is 58.2 Å². The summed E-state index contributed by atoms with van der Waals surface area (Å²) in [4.78, 5) is 135. The first-order chi connectivity index (χ1) is 35.3. The van der Waals surface area contributed by atoms with Gasteiger partial charge in [0, 0.05) is 36.4 Å². The number of nitrogens with one attached hydrogen (secondary N) is 8. The summed E-state index contributed by atoms with van der Waals surface area (Å²) < 4.78 is 0. The fourth-order valence-corrected chi connectivity index (χ4v) is 8.40. The third-order valence-corrected chi connectivity index (χ3v) is 12.6. The minimum absolute atomic E-state index is 0. The maximum Gasteiger partial charge on any atom is 0.305 e. The molecule has 0 radical (unpaired) electrons. The molecule has 0 bridgehead atoms. The Morgan fingerprint density at radius 2 is 1.04 bits per heavy atom. The molecule has 26 heteroatoms. The number of aromatic amines is 1. The minimum atomic E-state index is -1.72. The molecule has 0 saturated carbocycles. The quantitative estimate of drug-likeness (QED) is 0.0298. The van der Waals surface area contributed by atoms with Crippen LogP contribution in [0, 0.1) is 0 Å². The summed E-state index contributed by atoms with van der Waals surface area (Å²) in [5.74, 6) is -9.41. The second-order valence-corrected chi connectivity index (χ2v) is 19.0. The molecule has 0 aliphatic heterocycles. The molecule has 18 N–H and O–H groups in total. The highest BCUT2D eigenvalue weighted by Gasteiger charge is 2.34. The molecule has 0 aliphatic rings. The van der Waals surface area contributed by atoms with Gasteiger partial charge in [0.1, 0.15) is 42.0 Å². The number of carboxylic acids is 2. The average molecular weight is 1080 g/mol. The number of phenols is 1.